The Hall–Kier alpha value is -4.25. The van der Waals surface area contributed by atoms with Crippen LogP contribution in [0.4, 0.5) is 11.5 Å². The smallest absolute Gasteiger partial charge is 0.190 e. The molecular formula is C29H25N3O5S2. The van der Waals surface area contributed by atoms with Gasteiger partial charge in [0.2, 0.25) is 0 Å². The molecule has 5 N–H and O–H groups in total. The molecule has 8 nitrogen and oxygen atoms in total. The van der Waals surface area contributed by atoms with Crippen LogP contribution in [0, 0.1) is 0 Å². The van der Waals surface area contributed by atoms with Crippen molar-refractivity contribution in [1.82, 2.24) is 4.98 Å². The van der Waals surface area contributed by atoms with Gasteiger partial charge < -0.3 is 20.8 Å². The molecule has 1 atom stereocenters. The fourth-order valence-electron chi connectivity index (χ4n) is 4.23. The Balaban J connectivity index is 1.47. The second-order valence-electron chi connectivity index (χ2n) is 8.81. The molecule has 39 heavy (non-hydrogen) atoms. The molecule has 5 aromatic rings. The van der Waals surface area contributed by atoms with Gasteiger partial charge in [0, 0.05) is 10.9 Å². The Labute approximate surface area is 228 Å². The topological polar surface area (TPSA) is 146 Å². The third-order valence-corrected chi connectivity index (χ3v) is 8.81. The molecule has 0 aliphatic carbocycles. The van der Waals surface area contributed by atoms with Crippen molar-refractivity contribution >= 4 is 43.3 Å². The highest BCUT2D eigenvalue weighted by Gasteiger charge is 2.14. The third kappa shape index (κ3) is 5.35. The average Bonchev–Trinajstić information content (AvgIpc) is 2.94. The average molecular weight is 560 g/mol. The van der Waals surface area contributed by atoms with Gasteiger partial charge in [-0.05, 0) is 71.3 Å². The van der Waals surface area contributed by atoms with E-state index in [0.29, 0.717) is 28.3 Å². The molecule has 0 aliphatic heterocycles. The summed E-state index contributed by atoms with van der Waals surface area (Å²) in [6, 6.07) is 26.1. The SMILES string of the molecule is CCS(=O)(=O)c1ccc(-c2cc3cc(-c4ccc(Oc5ccccc5S(=O)O)c(N)c4)ccc3nc2N)cc1. The van der Waals surface area contributed by atoms with E-state index in [1.165, 1.54) is 6.07 Å². The lowest BCUT2D eigenvalue weighted by Crippen LogP contribution is -2.03. The Kier molecular flexibility index (Phi) is 7.09. The molecular weight excluding hydrogens is 534 g/mol. The van der Waals surface area contributed by atoms with Crippen LogP contribution in [0.3, 0.4) is 0 Å². The normalized spacial score (nSPS) is 12.4. The number of para-hydroxylation sites is 1. The summed E-state index contributed by atoms with van der Waals surface area (Å²) in [6.45, 7) is 1.61. The summed E-state index contributed by atoms with van der Waals surface area (Å²) in [5, 5.41) is 0.847. The molecule has 0 spiro atoms. The van der Waals surface area contributed by atoms with Gasteiger partial charge in [-0.3, -0.25) is 0 Å². The number of pyridine rings is 1. The number of fused-ring (bicyclic) bond motifs is 1. The number of nitrogens with zero attached hydrogens (tertiary/aromatic N) is 1. The van der Waals surface area contributed by atoms with Gasteiger partial charge in [-0.1, -0.05) is 43.3 Å². The first-order valence-corrected chi connectivity index (χ1v) is 14.7. The minimum Gasteiger partial charge on any atom is -0.454 e. The minimum atomic E-state index is -3.30. The van der Waals surface area contributed by atoms with E-state index in [9.17, 15) is 17.2 Å². The van der Waals surface area contributed by atoms with Crippen LogP contribution in [0.1, 0.15) is 6.92 Å². The van der Waals surface area contributed by atoms with E-state index in [1.807, 2.05) is 30.3 Å². The van der Waals surface area contributed by atoms with E-state index in [4.69, 9.17) is 16.2 Å². The number of ether oxygens (including phenoxy) is 1. The molecule has 0 amide bonds. The Bertz CT molecular complexity index is 1840. The van der Waals surface area contributed by atoms with E-state index in [1.54, 1.807) is 61.5 Å². The van der Waals surface area contributed by atoms with E-state index < -0.39 is 20.9 Å². The first kappa shape index (κ1) is 26.4. The number of rotatable bonds is 7. The lowest BCUT2D eigenvalue weighted by molar-refractivity contribution is 0.467. The molecule has 10 heteroatoms. The first-order chi connectivity index (χ1) is 18.7. The van der Waals surface area contributed by atoms with E-state index >= 15 is 0 Å². The zero-order chi connectivity index (χ0) is 27.7. The number of anilines is 2. The summed E-state index contributed by atoms with van der Waals surface area (Å²) < 4.78 is 51.3. The van der Waals surface area contributed by atoms with E-state index in [0.717, 1.165) is 22.1 Å². The Morgan fingerprint density at radius 3 is 2.21 bits per heavy atom. The molecule has 1 heterocycles. The van der Waals surface area contributed by atoms with Gasteiger partial charge in [0.05, 0.1) is 21.9 Å². The summed E-state index contributed by atoms with van der Waals surface area (Å²) in [6.07, 6.45) is 0. The summed E-state index contributed by atoms with van der Waals surface area (Å²) in [7, 11) is -3.30. The number of hydrogen-bond acceptors (Lipinski definition) is 7. The molecule has 1 unspecified atom stereocenters. The van der Waals surface area contributed by atoms with Gasteiger partial charge in [0.15, 0.2) is 20.9 Å². The summed E-state index contributed by atoms with van der Waals surface area (Å²) in [5.41, 5.74) is 16.8. The fraction of sp³-hybridized carbons (Fsp3) is 0.0690. The molecule has 0 bridgehead atoms. The maximum absolute atomic E-state index is 12.2. The van der Waals surface area contributed by atoms with E-state index in [-0.39, 0.29) is 21.3 Å². The number of nitrogens with two attached hydrogens (primary N) is 2. The number of aromatic nitrogens is 1. The van der Waals surface area contributed by atoms with Gasteiger partial charge in [-0.25, -0.2) is 17.6 Å². The van der Waals surface area contributed by atoms with Gasteiger partial charge in [0.25, 0.3) is 0 Å². The largest absolute Gasteiger partial charge is 0.454 e. The van der Waals surface area contributed by atoms with Crippen LogP contribution in [0.25, 0.3) is 33.2 Å². The zero-order valence-electron chi connectivity index (χ0n) is 20.9. The highest BCUT2D eigenvalue weighted by molar-refractivity contribution is 7.91. The monoisotopic (exact) mass is 559 g/mol. The quantitative estimate of drug-likeness (QED) is 0.165. The summed E-state index contributed by atoms with van der Waals surface area (Å²) in [5.74, 6) is 0.988. The number of nitrogen functional groups attached to an aromatic ring is 2. The highest BCUT2D eigenvalue weighted by Crippen LogP contribution is 2.36. The van der Waals surface area contributed by atoms with Crippen molar-refractivity contribution in [2.75, 3.05) is 17.2 Å². The standard InChI is InChI=1S/C29H25N3O5S2/c1-2-39(35,36)22-11-7-18(8-12-22)23-16-21-15-19(9-13-25(21)32-29(23)31)20-10-14-26(24(30)17-20)37-27-5-3-4-6-28(27)38(33)34/h3-17H,2,30H2,1H3,(H2,31,32)(H,33,34). The van der Waals surface area contributed by atoms with Gasteiger partial charge in [-0.2, -0.15) is 0 Å². The van der Waals surface area contributed by atoms with Crippen molar-refractivity contribution in [3.63, 3.8) is 0 Å². The molecule has 0 radical (unpaired) electrons. The maximum Gasteiger partial charge on any atom is 0.190 e. The Morgan fingerprint density at radius 2 is 1.51 bits per heavy atom. The minimum absolute atomic E-state index is 0.0310. The molecule has 0 aliphatic rings. The molecule has 5 rings (SSSR count). The lowest BCUT2D eigenvalue weighted by Gasteiger charge is -2.13. The molecule has 0 saturated heterocycles. The van der Waals surface area contributed by atoms with E-state index in [2.05, 4.69) is 4.98 Å². The molecule has 1 aromatic heterocycles. The van der Waals surface area contributed by atoms with Crippen LogP contribution < -0.4 is 16.2 Å². The third-order valence-electron chi connectivity index (χ3n) is 6.35. The van der Waals surface area contributed by atoms with Crippen molar-refractivity contribution in [1.29, 1.82) is 0 Å². The van der Waals surface area contributed by atoms with Crippen molar-refractivity contribution < 1.29 is 21.9 Å². The Morgan fingerprint density at radius 1 is 0.846 bits per heavy atom. The van der Waals surface area contributed by atoms with Crippen LogP contribution in [0.2, 0.25) is 0 Å². The maximum atomic E-state index is 12.2. The number of hydrogen-bond donors (Lipinski definition) is 3. The molecule has 0 saturated carbocycles. The van der Waals surface area contributed by atoms with Crippen molar-refractivity contribution in [3.05, 3.63) is 91.0 Å². The second-order valence-corrected chi connectivity index (χ2v) is 12.0. The molecule has 198 valence electrons. The van der Waals surface area contributed by atoms with Gasteiger partial charge in [-0.15, -0.1) is 0 Å². The van der Waals surface area contributed by atoms with Crippen LogP contribution in [0.15, 0.2) is 101 Å². The molecule has 0 fully saturated rings. The summed E-state index contributed by atoms with van der Waals surface area (Å²) in [4.78, 5) is 4.96. The predicted octanol–water partition coefficient (Wildman–Crippen LogP) is 5.90. The van der Waals surface area contributed by atoms with Gasteiger partial charge in [0.1, 0.15) is 22.2 Å². The van der Waals surface area contributed by atoms with Crippen LogP contribution in [-0.4, -0.2) is 27.9 Å². The predicted molar refractivity (Wildman–Crippen MR) is 155 cm³/mol. The lowest BCUT2D eigenvalue weighted by atomic mass is 10.00. The van der Waals surface area contributed by atoms with Crippen LogP contribution in [0.5, 0.6) is 11.5 Å². The van der Waals surface area contributed by atoms with Gasteiger partial charge >= 0.3 is 0 Å². The zero-order valence-corrected chi connectivity index (χ0v) is 22.5. The van der Waals surface area contributed by atoms with Crippen LogP contribution >= 0.6 is 0 Å². The van der Waals surface area contributed by atoms with Crippen molar-refractivity contribution in [3.8, 4) is 33.8 Å². The van der Waals surface area contributed by atoms with Crippen molar-refractivity contribution in [2.45, 2.75) is 16.7 Å². The number of sulfone groups is 1. The molecule has 4 aromatic carbocycles. The fourth-order valence-corrected chi connectivity index (χ4v) is 5.59. The van der Waals surface area contributed by atoms with Crippen LogP contribution in [-0.2, 0) is 20.9 Å². The second kappa shape index (κ2) is 10.5. The number of benzene rings is 4. The summed E-state index contributed by atoms with van der Waals surface area (Å²) >= 11 is -2.20. The highest BCUT2D eigenvalue weighted by atomic mass is 32.2. The van der Waals surface area contributed by atoms with Crippen molar-refractivity contribution in [2.24, 2.45) is 0 Å². The first-order valence-electron chi connectivity index (χ1n) is 12.0.